The molecule has 0 amide bonds. The van der Waals surface area contributed by atoms with Crippen molar-refractivity contribution in [3.05, 3.63) is 0 Å². The Bertz CT molecular complexity index is 99.7. The summed E-state index contributed by atoms with van der Waals surface area (Å²) >= 11 is 2.00. The Morgan fingerprint density at radius 1 is 1.36 bits per heavy atom. The second-order valence-electron chi connectivity index (χ2n) is 3.34. The van der Waals surface area contributed by atoms with Crippen LogP contribution in [0.5, 0.6) is 0 Å². The largest absolute Gasteiger partial charge is 0.319 e. The molecule has 2 heteroatoms. The van der Waals surface area contributed by atoms with Crippen molar-refractivity contribution in [3.8, 4) is 0 Å². The van der Waals surface area contributed by atoms with E-state index < -0.39 is 0 Å². The van der Waals surface area contributed by atoms with Gasteiger partial charge >= 0.3 is 0 Å². The van der Waals surface area contributed by atoms with Gasteiger partial charge in [0.15, 0.2) is 0 Å². The van der Waals surface area contributed by atoms with Crippen LogP contribution in [0.2, 0.25) is 0 Å². The average Bonchev–Trinajstić information content (AvgIpc) is 2.06. The lowest BCUT2D eigenvalue weighted by Crippen LogP contribution is -2.20. The van der Waals surface area contributed by atoms with E-state index in [-0.39, 0.29) is 0 Å². The molecule has 2 N–H and O–H groups in total. The first-order valence-electron chi connectivity index (χ1n) is 4.74. The van der Waals surface area contributed by atoms with Crippen molar-refractivity contribution < 1.29 is 0 Å². The molecule has 11 heavy (non-hydrogen) atoms. The Morgan fingerprint density at radius 2 is 2.00 bits per heavy atom. The van der Waals surface area contributed by atoms with Crippen molar-refractivity contribution >= 4 is 11.8 Å². The third-order valence-corrected chi connectivity index (χ3v) is 3.86. The van der Waals surface area contributed by atoms with Gasteiger partial charge in [-0.3, -0.25) is 0 Å². The molecule has 1 fully saturated rings. The third-order valence-electron chi connectivity index (χ3n) is 2.32. The van der Waals surface area contributed by atoms with Crippen LogP contribution < -0.4 is 5.73 Å². The van der Waals surface area contributed by atoms with E-state index in [1.165, 1.54) is 32.1 Å². The van der Waals surface area contributed by atoms with E-state index in [0.29, 0.717) is 5.37 Å². The zero-order chi connectivity index (χ0) is 8.10. The second-order valence-corrected chi connectivity index (χ2v) is 4.89. The van der Waals surface area contributed by atoms with Gasteiger partial charge in [-0.1, -0.05) is 26.2 Å². The van der Waals surface area contributed by atoms with E-state index in [1.807, 2.05) is 11.8 Å². The van der Waals surface area contributed by atoms with Gasteiger partial charge in [-0.15, -0.1) is 11.8 Å². The van der Waals surface area contributed by atoms with Gasteiger partial charge in [0.05, 0.1) is 5.37 Å². The van der Waals surface area contributed by atoms with Crippen LogP contribution in [0.25, 0.3) is 0 Å². The molecular formula is C9H19NS. The zero-order valence-electron chi connectivity index (χ0n) is 7.38. The molecule has 0 bridgehead atoms. The molecule has 66 valence electrons. The molecule has 0 aromatic carbocycles. The van der Waals surface area contributed by atoms with Gasteiger partial charge in [-0.05, 0) is 19.3 Å². The highest BCUT2D eigenvalue weighted by Crippen LogP contribution is 2.30. The fraction of sp³-hybridized carbons (Fsp3) is 1.00. The van der Waals surface area contributed by atoms with Gasteiger partial charge in [-0.25, -0.2) is 0 Å². The summed E-state index contributed by atoms with van der Waals surface area (Å²) in [6.07, 6.45) is 8.21. The van der Waals surface area contributed by atoms with Crippen LogP contribution >= 0.6 is 11.8 Å². The fourth-order valence-corrected chi connectivity index (χ4v) is 2.84. The minimum Gasteiger partial charge on any atom is -0.319 e. The first-order chi connectivity index (χ1) is 5.33. The summed E-state index contributed by atoms with van der Waals surface area (Å²) in [6, 6.07) is 0. The monoisotopic (exact) mass is 173 g/mol. The number of thioether (sulfide) groups is 1. The average molecular weight is 173 g/mol. The summed E-state index contributed by atoms with van der Waals surface area (Å²) in [6.45, 7) is 2.17. The SMILES string of the molecule is CCC(N)SC1CCCCC1. The Balaban J connectivity index is 2.13. The highest BCUT2D eigenvalue weighted by molar-refractivity contribution is 8.00. The van der Waals surface area contributed by atoms with Crippen LogP contribution in [-0.4, -0.2) is 10.6 Å². The van der Waals surface area contributed by atoms with Crippen LogP contribution in [0.4, 0.5) is 0 Å². The predicted octanol–water partition coefficient (Wildman–Crippen LogP) is 2.75. The summed E-state index contributed by atoms with van der Waals surface area (Å²) in [7, 11) is 0. The van der Waals surface area contributed by atoms with Gasteiger partial charge < -0.3 is 5.73 Å². The van der Waals surface area contributed by atoms with E-state index in [1.54, 1.807) is 0 Å². The topological polar surface area (TPSA) is 26.0 Å². The smallest absolute Gasteiger partial charge is 0.0507 e. The Hall–Kier alpha value is 0.310. The van der Waals surface area contributed by atoms with Crippen molar-refractivity contribution in [2.24, 2.45) is 5.73 Å². The minimum atomic E-state index is 0.387. The van der Waals surface area contributed by atoms with Gasteiger partial charge in [0.1, 0.15) is 0 Å². The Kier molecular flexibility index (Phi) is 4.31. The molecule has 0 spiro atoms. The van der Waals surface area contributed by atoms with E-state index >= 15 is 0 Å². The van der Waals surface area contributed by atoms with E-state index in [0.717, 1.165) is 11.7 Å². The van der Waals surface area contributed by atoms with Crippen LogP contribution in [0.1, 0.15) is 45.4 Å². The van der Waals surface area contributed by atoms with Crippen molar-refractivity contribution in [3.63, 3.8) is 0 Å². The van der Waals surface area contributed by atoms with Gasteiger partial charge in [0, 0.05) is 5.25 Å². The van der Waals surface area contributed by atoms with Crippen molar-refractivity contribution in [1.82, 2.24) is 0 Å². The highest BCUT2D eigenvalue weighted by Gasteiger charge is 2.15. The summed E-state index contributed by atoms with van der Waals surface area (Å²) in [5.41, 5.74) is 5.87. The normalized spacial score (nSPS) is 23.5. The second kappa shape index (κ2) is 5.04. The third kappa shape index (κ3) is 3.48. The number of hydrogen-bond acceptors (Lipinski definition) is 2. The van der Waals surface area contributed by atoms with Gasteiger partial charge in [0.25, 0.3) is 0 Å². The maximum atomic E-state index is 5.87. The molecule has 1 unspecified atom stereocenters. The molecular weight excluding hydrogens is 154 g/mol. The van der Waals surface area contributed by atoms with Crippen LogP contribution in [0.15, 0.2) is 0 Å². The molecule has 1 aliphatic rings. The highest BCUT2D eigenvalue weighted by atomic mass is 32.2. The molecule has 0 aromatic rings. The number of rotatable bonds is 3. The van der Waals surface area contributed by atoms with Crippen molar-refractivity contribution in [1.29, 1.82) is 0 Å². The number of hydrogen-bond donors (Lipinski definition) is 1. The van der Waals surface area contributed by atoms with Crippen molar-refractivity contribution in [2.75, 3.05) is 0 Å². The summed E-state index contributed by atoms with van der Waals surface area (Å²) in [5.74, 6) is 0. The zero-order valence-corrected chi connectivity index (χ0v) is 8.20. The standard InChI is InChI=1S/C9H19NS/c1-2-9(10)11-8-6-4-3-5-7-8/h8-9H,2-7,10H2,1H3. The molecule has 0 saturated heterocycles. The number of nitrogens with two attached hydrogens (primary N) is 1. The van der Waals surface area contributed by atoms with Crippen LogP contribution in [0.3, 0.4) is 0 Å². The first kappa shape index (κ1) is 9.40. The molecule has 1 atom stereocenters. The molecule has 1 nitrogen and oxygen atoms in total. The predicted molar refractivity (Wildman–Crippen MR) is 52.7 cm³/mol. The maximum absolute atomic E-state index is 5.87. The van der Waals surface area contributed by atoms with E-state index in [9.17, 15) is 0 Å². The molecule has 1 aliphatic carbocycles. The lowest BCUT2D eigenvalue weighted by Gasteiger charge is -2.23. The Morgan fingerprint density at radius 3 is 2.55 bits per heavy atom. The van der Waals surface area contributed by atoms with E-state index in [2.05, 4.69) is 6.92 Å². The summed E-state index contributed by atoms with van der Waals surface area (Å²) in [5, 5.41) is 1.26. The first-order valence-corrected chi connectivity index (χ1v) is 5.68. The molecule has 0 aromatic heterocycles. The molecule has 0 heterocycles. The maximum Gasteiger partial charge on any atom is 0.0507 e. The lowest BCUT2D eigenvalue weighted by atomic mass is 10.0. The lowest BCUT2D eigenvalue weighted by molar-refractivity contribution is 0.514. The van der Waals surface area contributed by atoms with Crippen molar-refractivity contribution in [2.45, 2.75) is 56.1 Å². The van der Waals surface area contributed by atoms with Gasteiger partial charge in [-0.2, -0.15) is 0 Å². The van der Waals surface area contributed by atoms with E-state index in [4.69, 9.17) is 5.73 Å². The molecule has 1 saturated carbocycles. The van der Waals surface area contributed by atoms with Gasteiger partial charge in [0.2, 0.25) is 0 Å². The Labute approximate surface area is 74.1 Å². The minimum absolute atomic E-state index is 0.387. The quantitative estimate of drug-likeness (QED) is 0.664. The van der Waals surface area contributed by atoms with Crippen LogP contribution in [0, 0.1) is 0 Å². The summed E-state index contributed by atoms with van der Waals surface area (Å²) < 4.78 is 0. The molecule has 0 radical (unpaired) electrons. The van der Waals surface area contributed by atoms with Crippen LogP contribution in [-0.2, 0) is 0 Å². The fourth-order valence-electron chi connectivity index (χ4n) is 1.54. The summed E-state index contributed by atoms with van der Waals surface area (Å²) in [4.78, 5) is 0. The molecule has 0 aliphatic heterocycles. The molecule has 1 rings (SSSR count).